The van der Waals surface area contributed by atoms with Gasteiger partial charge >= 0.3 is 0 Å². The molecule has 1 saturated heterocycles. The molecule has 1 atom stereocenters. The molecule has 2 aromatic rings. The first kappa shape index (κ1) is 13.8. The quantitative estimate of drug-likeness (QED) is 0.866. The predicted octanol–water partition coefficient (Wildman–Crippen LogP) is 1.53. The third kappa shape index (κ3) is 2.54. The number of hydrogen-bond acceptors (Lipinski definition) is 3. The van der Waals surface area contributed by atoms with Crippen molar-refractivity contribution >= 4 is 16.8 Å². The van der Waals surface area contributed by atoms with E-state index in [0.717, 1.165) is 0 Å². The molecule has 1 amide bonds. The average Bonchev–Trinajstić information content (AvgIpc) is 2.46. The molecule has 5 nitrogen and oxygen atoms in total. The van der Waals surface area contributed by atoms with E-state index in [1.165, 1.54) is 18.2 Å². The van der Waals surface area contributed by atoms with Gasteiger partial charge in [-0.1, -0.05) is 0 Å². The Balaban J connectivity index is 2.03. The van der Waals surface area contributed by atoms with Crippen LogP contribution >= 0.6 is 0 Å². The van der Waals surface area contributed by atoms with Crippen LogP contribution in [0.15, 0.2) is 29.1 Å². The van der Waals surface area contributed by atoms with Gasteiger partial charge in [0.2, 0.25) is 0 Å². The van der Waals surface area contributed by atoms with Gasteiger partial charge in [-0.2, -0.15) is 0 Å². The van der Waals surface area contributed by atoms with Crippen LogP contribution in [0.5, 0.6) is 0 Å². The van der Waals surface area contributed by atoms with Gasteiger partial charge in [-0.25, -0.2) is 4.39 Å². The number of rotatable bonds is 1. The van der Waals surface area contributed by atoms with Gasteiger partial charge in [0.05, 0.1) is 24.8 Å². The van der Waals surface area contributed by atoms with Crippen LogP contribution in [0.1, 0.15) is 17.3 Å². The lowest BCUT2D eigenvalue weighted by Gasteiger charge is -2.33. The zero-order valence-electron chi connectivity index (χ0n) is 11.6. The van der Waals surface area contributed by atoms with Crippen LogP contribution in [-0.2, 0) is 4.74 Å². The van der Waals surface area contributed by atoms with E-state index in [4.69, 9.17) is 4.74 Å². The van der Waals surface area contributed by atoms with Crippen molar-refractivity contribution in [2.75, 3.05) is 19.8 Å². The highest BCUT2D eigenvalue weighted by atomic mass is 19.1. The Kier molecular flexibility index (Phi) is 3.47. The number of carbonyl (C=O) groups is 1. The van der Waals surface area contributed by atoms with Crippen LogP contribution in [0.3, 0.4) is 0 Å². The molecule has 21 heavy (non-hydrogen) atoms. The van der Waals surface area contributed by atoms with Gasteiger partial charge in [0.25, 0.3) is 11.5 Å². The molecule has 1 aromatic heterocycles. The number of benzene rings is 1. The molecule has 0 radical (unpaired) electrons. The van der Waals surface area contributed by atoms with Crippen molar-refractivity contribution in [2.24, 2.45) is 0 Å². The standard InChI is InChI=1S/C15H15FN2O3/c1-9-8-21-5-4-18(9)15(20)12-6-10-2-3-11(16)7-13(10)17-14(12)19/h2-3,6-7,9H,4-5,8H2,1H3,(H,17,19). The van der Waals surface area contributed by atoms with Crippen LogP contribution in [-0.4, -0.2) is 41.6 Å². The van der Waals surface area contributed by atoms with Crippen molar-refractivity contribution in [1.82, 2.24) is 9.88 Å². The Hall–Kier alpha value is -2.21. The lowest BCUT2D eigenvalue weighted by Crippen LogP contribution is -2.48. The first-order chi connectivity index (χ1) is 10.1. The lowest BCUT2D eigenvalue weighted by atomic mass is 10.1. The van der Waals surface area contributed by atoms with Crippen molar-refractivity contribution in [2.45, 2.75) is 13.0 Å². The fourth-order valence-electron chi connectivity index (χ4n) is 2.52. The van der Waals surface area contributed by atoms with Crippen LogP contribution in [0, 0.1) is 5.82 Å². The Morgan fingerprint density at radius 1 is 1.43 bits per heavy atom. The summed E-state index contributed by atoms with van der Waals surface area (Å²) in [5, 5.41) is 0.625. The fraction of sp³-hybridized carbons (Fsp3) is 0.333. The number of fused-ring (bicyclic) bond motifs is 1. The zero-order chi connectivity index (χ0) is 15.0. The second-order valence-electron chi connectivity index (χ2n) is 5.17. The number of ether oxygens (including phenoxy) is 1. The molecule has 1 aromatic carbocycles. The summed E-state index contributed by atoms with van der Waals surface area (Å²) in [5.41, 5.74) is -0.0498. The van der Waals surface area contributed by atoms with Crippen molar-refractivity contribution in [3.05, 3.63) is 46.0 Å². The normalized spacial score (nSPS) is 19.0. The Morgan fingerprint density at radius 2 is 2.24 bits per heavy atom. The summed E-state index contributed by atoms with van der Waals surface area (Å²) in [6, 6.07) is 5.52. The number of halogens is 1. The second-order valence-corrected chi connectivity index (χ2v) is 5.17. The van der Waals surface area contributed by atoms with Gasteiger partial charge in [-0.05, 0) is 36.6 Å². The molecule has 1 fully saturated rings. The SMILES string of the molecule is CC1COCCN1C(=O)c1cc2ccc(F)cc2[nH]c1=O. The minimum absolute atomic E-state index is 0.0721. The molecule has 3 rings (SSSR count). The molecule has 1 aliphatic rings. The Labute approximate surface area is 120 Å². The summed E-state index contributed by atoms with van der Waals surface area (Å²) in [5.74, 6) is -0.752. The number of pyridine rings is 1. The number of H-pyrrole nitrogens is 1. The highest BCUT2D eigenvalue weighted by Crippen LogP contribution is 2.15. The van der Waals surface area contributed by atoms with Crippen molar-refractivity contribution in [3.8, 4) is 0 Å². The van der Waals surface area contributed by atoms with E-state index in [2.05, 4.69) is 4.98 Å². The Morgan fingerprint density at radius 3 is 3.00 bits per heavy atom. The third-order valence-corrected chi connectivity index (χ3v) is 3.67. The second kappa shape index (κ2) is 5.29. The molecule has 6 heteroatoms. The molecule has 1 unspecified atom stereocenters. The summed E-state index contributed by atoms with van der Waals surface area (Å²) in [6.07, 6.45) is 0. The number of aromatic amines is 1. The zero-order valence-corrected chi connectivity index (χ0v) is 11.6. The molecular formula is C15H15FN2O3. The van der Waals surface area contributed by atoms with E-state index in [1.807, 2.05) is 6.92 Å². The molecular weight excluding hydrogens is 275 g/mol. The minimum atomic E-state index is -0.503. The topological polar surface area (TPSA) is 62.4 Å². The van der Waals surface area contributed by atoms with Gasteiger partial charge in [0.1, 0.15) is 11.4 Å². The number of carbonyl (C=O) groups excluding carboxylic acids is 1. The van der Waals surface area contributed by atoms with Crippen molar-refractivity contribution in [1.29, 1.82) is 0 Å². The number of amides is 1. The van der Waals surface area contributed by atoms with Gasteiger partial charge in [-0.15, -0.1) is 0 Å². The van der Waals surface area contributed by atoms with Crippen LogP contribution in [0.25, 0.3) is 10.9 Å². The lowest BCUT2D eigenvalue weighted by molar-refractivity contribution is 0.00350. The van der Waals surface area contributed by atoms with Gasteiger partial charge in [-0.3, -0.25) is 9.59 Å². The summed E-state index contributed by atoms with van der Waals surface area (Å²) in [4.78, 5) is 28.8. The molecule has 0 aliphatic carbocycles. The van der Waals surface area contributed by atoms with E-state index in [-0.39, 0.29) is 17.5 Å². The first-order valence-electron chi connectivity index (χ1n) is 6.77. The van der Waals surface area contributed by atoms with E-state index in [0.29, 0.717) is 30.7 Å². The Bertz CT molecular complexity index is 756. The summed E-state index contributed by atoms with van der Waals surface area (Å²) in [6.45, 7) is 3.26. The van der Waals surface area contributed by atoms with Gasteiger partial charge in [0, 0.05) is 6.54 Å². The third-order valence-electron chi connectivity index (χ3n) is 3.67. The molecule has 0 saturated carbocycles. The molecule has 1 N–H and O–H groups in total. The first-order valence-corrected chi connectivity index (χ1v) is 6.77. The monoisotopic (exact) mass is 290 g/mol. The number of nitrogens with zero attached hydrogens (tertiary/aromatic N) is 1. The maximum Gasteiger partial charge on any atom is 0.261 e. The number of aromatic nitrogens is 1. The fourth-order valence-corrected chi connectivity index (χ4v) is 2.52. The van der Waals surface area contributed by atoms with Crippen molar-refractivity contribution in [3.63, 3.8) is 0 Å². The number of nitrogens with one attached hydrogen (secondary N) is 1. The number of morpholine rings is 1. The highest BCUT2D eigenvalue weighted by Gasteiger charge is 2.26. The molecule has 0 spiro atoms. The van der Waals surface area contributed by atoms with E-state index in [9.17, 15) is 14.0 Å². The summed E-state index contributed by atoms with van der Waals surface area (Å²) < 4.78 is 18.4. The predicted molar refractivity (Wildman–Crippen MR) is 75.8 cm³/mol. The van der Waals surface area contributed by atoms with Crippen molar-refractivity contribution < 1.29 is 13.9 Å². The maximum atomic E-state index is 13.2. The van der Waals surface area contributed by atoms with E-state index < -0.39 is 11.4 Å². The minimum Gasteiger partial charge on any atom is -0.377 e. The van der Waals surface area contributed by atoms with Crippen LogP contribution in [0.2, 0.25) is 0 Å². The van der Waals surface area contributed by atoms with Crippen LogP contribution in [0.4, 0.5) is 4.39 Å². The van der Waals surface area contributed by atoms with Gasteiger partial charge in [0.15, 0.2) is 0 Å². The average molecular weight is 290 g/mol. The highest BCUT2D eigenvalue weighted by molar-refractivity contribution is 5.97. The molecule has 110 valence electrons. The van der Waals surface area contributed by atoms with Crippen LogP contribution < -0.4 is 5.56 Å². The summed E-state index contributed by atoms with van der Waals surface area (Å²) in [7, 11) is 0. The van der Waals surface area contributed by atoms with E-state index >= 15 is 0 Å². The summed E-state index contributed by atoms with van der Waals surface area (Å²) >= 11 is 0. The largest absolute Gasteiger partial charge is 0.377 e. The smallest absolute Gasteiger partial charge is 0.261 e. The van der Waals surface area contributed by atoms with E-state index in [1.54, 1.807) is 11.0 Å². The van der Waals surface area contributed by atoms with Gasteiger partial charge < -0.3 is 14.6 Å². The number of hydrogen-bond donors (Lipinski definition) is 1. The molecule has 1 aliphatic heterocycles. The molecule has 0 bridgehead atoms. The maximum absolute atomic E-state index is 13.2. The molecule has 2 heterocycles.